The van der Waals surface area contributed by atoms with Gasteiger partial charge in [0.1, 0.15) is 0 Å². The molecule has 0 unspecified atom stereocenters. The molecule has 0 atom stereocenters. The zero-order valence-corrected chi connectivity index (χ0v) is 11.4. The van der Waals surface area contributed by atoms with Crippen LogP contribution in [0.1, 0.15) is 65.6 Å². The third kappa shape index (κ3) is 4.50. The Hall–Kier alpha value is 0.532. The van der Waals surface area contributed by atoms with Gasteiger partial charge in [-0.3, -0.25) is 0 Å². The minimum atomic E-state index is 0. The Morgan fingerprint density at radius 3 is 1.47 bits per heavy atom. The fourth-order valence-corrected chi connectivity index (χ4v) is 5.49. The molecule has 0 radical (unpaired) electrons. The molecule has 0 aromatic rings. The predicted molar refractivity (Wildman–Crippen MR) is 69.6 cm³/mol. The van der Waals surface area contributed by atoms with Gasteiger partial charge in [0.15, 0.2) is 0 Å². The minimum absolute atomic E-state index is 0. The Morgan fingerprint density at radius 1 is 0.667 bits per heavy atom. The molecule has 1 heteroatoms. The van der Waals surface area contributed by atoms with E-state index in [0.717, 1.165) is 27.1 Å². The van der Waals surface area contributed by atoms with Crippen LogP contribution in [0.4, 0.5) is 0 Å². The third-order valence-corrected chi connectivity index (χ3v) is 6.45. The number of hydrogen-bond donors (Lipinski definition) is 0. The average molecular weight is 222 g/mol. The predicted octanol–water partition coefficient (Wildman–Crippen LogP) is 4.80. The first-order valence-electron chi connectivity index (χ1n) is 7.27. The van der Waals surface area contributed by atoms with Crippen molar-refractivity contribution >= 4 is 15.2 Å². The van der Waals surface area contributed by atoms with Gasteiger partial charge in [0.25, 0.3) is 0 Å². The molecule has 2 aliphatic carbocycles. The summed E-state index contributed by atoms with van der Waals surface area (Å²) in [5, 5.41) is 3.27. The molecule has 0 nitrogen and oxygen atoms in total. The van der Waals surface area contributed by atoms with Crippen molar-refractivity contribution in [3.63, 3.8) is 0 Å². The molecule has 0 heterocycles. The van der Waals surface area contributed by atoms with Crippen molar-refractivity contribution in [2.24, 2.45) is 11.8 Å². The zero-order valence-electron chi connectivity index (χ0n) is 11.2. The van der Waals surface area contributed by atoms with Gasteiger partial charge >= 0.3 is 102 Å². The first-order valence-corrected chi connectivity index (χ1v) is 8.90. The molecule has 2 fully saturated rings. The summed E-state index contributed by atoms with van der Waals surface area (Å²) in [5.74, 6) is 2.30. The summed E-state index contributed by atoms with van der Waals surface area (Å²) in [6.45, 7) is 0. The summed E-state index contributed by atoms with van der Waals surface area (Å²) in [5.41, 5.74) is 0. The number of rotatable bonds is 4. The van der Waals surface area contributed by atoms with Crippen LogP contribution >= 0.6 is 0 Å². The van der Waals surface area contributed by atoms with Gasteiger partial charge in [0.2, 0.25) is 0 Å². The Kier molecular flexibility index (Phi) is 5.58. The van der Waals surface area contributed by atoms with E-state index in [1.165, 1.54) is 38.5 Å². The van der Waals surface area contributed by atoms with Crippen molar-refractivity contribution < 1.29 is 1.43 Å². The monoisotopic (exact) mass is 222 g/mol. The summed E-state index contributed by atoms with van der Waals surface area (Å²) in [7, 11) is 0. The standard InChI is InChI=1S/2C7H13.Al.H/c2*1-7-5-3-2-4-6-7;;/h2*7H,1-6H2;;/q;;+1;-1. The Balaban J connectivity index is 0.00000128. The summed E-state index contributed by atoms with van der Waals surface area (Å²) < 4.78 is 0. The molecule has 0 amide bonds. The topological polar surface area (TPSA) is 0 Å². The van der Waals surface area contributed by atoms with Crippen LogP contribution in [0.25, 0.3) is 0 Å². The van der Waals surface area contributed by atoms with Gasteiger partial charge in [-0.25, -0.2) is 0 Å². The van der Waals surface area contributed by atoms with Gasteiger partial charge in [-0.1, -0.05) is 0 Å². The van der Waals surface area contributed by atoms with Crippen LogP contribution in [0.5, 0.6) is 0 Å². The van der Waals surface area contributed by atoms with Gasteiger partial charge in [-0.15, -0.1) is 0 Å². The van der Waals surface area contributed by atoms with E-state index in [1.54, 1.807) is 36.2 Å². The fourth-order valence-electron chi connectivity index (χ4n) is 3.41. The zero-order chi connectivity index (χ0) is 10.3. The van der Waals surface area contributed by atoms with E-state index in [9.17, 15) is 0 Å². The fraction of sp³-hybridized carbons (Fsp3) is 1.00. The Morgan fingerprint density at radius 2 is 1.07 bits per heavy atom. The molecule has 0 N–H and O–H groups in total. The molecule has 15 heavy (non-hydrogen) atoms. The van der Waals surface area contributed by atoms with Crippen molar-refractivity contribution in [1.82, 2.24) is 0 Å². The van der Waals surface area contributed by atoms with Crippen LogP contribution in [0.15, 0.2) is 0 Å². The smallest absolute Gasteiger partial charge is 1.00 e. The molecule has 0 spiro atoms. The van der Waals surface area contributed by atoms with Gasteiger partial charge in [-0.2, -0.15) is 0 Å². The summed E-state index contributed by atoms with van der Waals surface area (Å²) >= 11 is 0.808. The Labute approximate surface area is 103 Å². The maximum absolute atomic E-state index is 1.64. The van der Waals surface area contributed by atoms with E-state index >= 15 is 0 Å². The largest absolute Gasteiger partial charge is 1.00 e. The molecule has 2 aliphatic rings. The molecule has 2 rings (SSSR count). The second kappa shape index (κ2) is 6.98. The molecule has 0 aromatic carbocycles. The van der Waals surface area contributed by atoms with Crippen LogP contribution in [-0.4, -0.2) is 15.2 Å². The second-order valence-corrected chi connectivity index (χ2v) is 7.29. The minimum Gasteiger partial charge on any atom is -1.00 e. The maximum Gasteiger partial charge on any atom is -1.00 e. The van der Waals surface area contributed by atoms with Gasteiger partial charge in [0, 0.05) is 0 Å². The summed E-state index contributed by atoms with van der Waals surface area (Å²) in [6, 6.07) is 0. The SMILES string of the molecule is C1CCC([CH2][Al+][CH2]C2CCCCC2)CC1.[H-]. The van der Waals surface area contributed by atoms with Crippen molar-refractivity contribution in [1.29, 1.82) is 0 Å². The molecule has 0 bridgehead atoms. The van der Waals surface area contributed by atoms with E-state index in [2.05, 4.69) is 0 Å². The first-order chi connectivity index (χ1) is 7.45. The van der Waals surface area contributed by atoms with E-state index in [-0.39, 0.29) is 1.43 Å². The summed E-state index contributed by atoms with van der Waals surface area (Å²) in [6.07, 6.45) is 15.5. The van der Waals surface area contributed by atoms with Crippen molar-refractivity contribution in [2.45, 2.75) is 74.8 Å². The normalized spacial score (nSPS) is 25.1. The van der Waals surface area contributed by atoms with E-state index in [4.69, 9.17) is 0 Å². The second-order valence-electron chi connectivity index (χ2n) is 5.77. The summed E-state index contributed by atoms with van der Waals surface area (Å²) in [4.78, 5) is 0. The van der Waals surface area contributed by atoms with Crippen LogP contribution in [0.3, 0.4) is 0 Å². The van der Waals surface area contributed by atoms with Crippen LogP contribution in [0, 0.1) is 11.8 Å². The van der Waals surface area contributed by atoms with Gasteiger partial charge < -0.3 is 1.43 Å². The van der Waals surface area contributed by atoms with E-state index in [0.29, 0.717) is 0 Å². The molecule has 0 saturated heterocycles. The Bertz CT molecular complexity index is 142. The first kappa shape index (κ1) is 12.0. The number of hydrogen-bond acceptors (Lipinski definition) is 0. The molecule has 0 aliphatic heterocycles. The molecular weight excluding hydrogens is 195 g/mol. The van der Waals surface area contributed by atoms with Crippen LogP contribution in [0.2, 0.25) is 10.6 Å². The quantitative estimate of drug-likeness (QED) is 0.599. The van der Waals surface area contributed by atoms with Crippen LogP contribution < -0.4 is 0 Å². The van der Waals surface area contributed by atoms with Gasteiger partial charge in [-0.05, 0) is 0 Å². The van der Waals surface area contributed by atoms with Crippen molar-refractivity contribution in [3.05, 3.63) is 0 Å². The van der Waals surface area contributed by atoms with Crippen molar-refractivity contribution in [2.75, 3.05) is 0 Å². The van der Waals surface area contributed by atoms with E-state index in [1.807, 2.05) is 0 Å². The molecule has 2 saturated carbocycles. The maximum atomic E-state index is 1.64. The third-order valence-electron chi connectivity index (χ3n) is 4.45. The molecule has 86 valence electrons. The van der Waals surface area contributed by atoms with Gasteiger partial charge in [0.05, 0.1) is 0 Å². The molecule has 0 aromatic heterocycles. The van der Waals surface area contributed by atoms with Crippen LogP contribution in [-0.2, 0) is 0 Å². The molecular formula is C14H27Al. The average Bonchev–Trinajstić information content (AvgIpc) is 2.32. The van der Waals surface area contributed by atoms with Crippen molar-refractivity contribution in [3.8, 4) is 0 Å². The van der Waals surface area contributed by atoms with E-state index < -0.39 is 0 Å².